The van der Waals surface area contributed by atoms with Crippen LogP contribution in [0.4, 0.5) is 11.5 Å². The maximum Gasteiger partial charge on any atom is 0.263 e. The molecule has 0 unspecified atom stereocenters. The zero-order valence-corrected chi connectivity index (χ0v) is 21.8. The normalized spacial score (nSPS) is 11.9. The minimum Gasteiger partial charge on any atom is -0.493 e. The van der Waals surface area contributed by atoms with E-state index in [2.05, 4.69) is 14.9 Å². The fourth-order valence-electron chi connectivity index (χ4n) is 3.75. The third kappa shape index (κ3) is 5.31. The number of benzene rings is 3. The van der Waals surface area contributed by atoms with Crippen molar-refractivity contribution in [3.63, 3.8) is 0 Å². The summed E-state index contributed by atoms with van der Waals surface area (Å²) in [5.74, 6) is 1.82. The second-order valence-electron chi connectivity index (χ2n) is 8.01. The van der Waals surface area contributed by atoms with Crippen molar-refractivity contribution in [3.05, 3.63) is 95.4 Å². The molecule has 0 bridgehead atoms. The first-order chi connectivity index (χ1) is 18.4. The lowest BCUT2D eigenvalue weighted by Crippen LogP contribution is -2.14. The zero-order valence-electron chi connectivity index (χ0n) is 20.3. The number of nitrogens with zero attached hydrogens (tertiary/aromatic N) is 3. The van der Waals surface area contributed by atoms with Crippen molar-refractivity contribution in [2.75, 3.05) is 18.9 Å². The average molecular weight is 549 g/mol. The van der Waals surface area contributed by atoms with Crippen molar-refractivity contribution in [1.82, 2.24) is 10.2 Å². The van der Waals surface area contributed by atoms with Crippen LogP contribution >= 0.6 is 11.6 Å². The first kappa shape index (κ1) is 25.2. The average Bonchev–Trinajstić information content (AvgIpc) is 2.94. The van der Waals surface area contributed by atoms with Gasteiger partial charge in [0.1, 0.15) is 11.3 Å². The molecule has 2 aromatic heterocycles. The minimum atomic E-state index is -3.88. The van der Waals surface area contributed by atoms with Gasteiger partial charge in [-0.05, 0) is 66.7 Å². The van der Waals surface area contributed by atoms with Crippen molar-refractivity contribution in [2.45, 2.75) is 4.90 Å². The molecule has 0 aliphatic heterocycles. The molecule has 11 heteroatoms. The Balaban J connectivity index is 1.53. The van der Waals surface area contributed by atoms with Crippen LogP contribution < -0.4 is 19.6 Å². The van der Waals surface area contributed by atoms with Crippen LogP contribution in [0.5, 0.6) is 11.5 Å². The van der Waals surface area contributed by atoms with Crippen LogP contribution in [0.1, 0.15) is 0 Å². The second kappa shape index (κ2) is 10.5. The highest BCUT2D eigenvalue weighted by molar-refractivity contribution is 7.92. The number of para-hydroxylation sites is 1. The zero-order chi connectivity index (χ0) is 26.7. The van der Waals surface area contributed by atoms with Gasteiger partial charge in [-0.2, -0.15) is 0 Å². The van der Waals surface area contributed by atoms with E-state index in [4.69, 9.17) is 30.5 Å². The van der Waals surface area contributed by atoms with Crippen molar-refractivity contribution in [1.29, 1.82) is 0 Å². The lowest BCUT2D eigenvalue weighted by atomic mass is 10.1. The van der Waals surface area contributed by atoms with E-state index in [1.807, 2.05) is 42.5 Å². The molecule has 192 valence electrons. The van der Waals surface area contributed by atoms with Gasteiger partial charge < -0.3 is 13.9 Å². The van der Waals surface area contributed by atoms with Crippen molar-refractivity contribution >= 4 is 44.1 Å². The number of nitrogens with one attached hydrogen (secondary N) is 1. The fourth-order valence-corrected chi connectivity index (χ4v) is 4.84. The number of fused-ring (bicyclic) bond motifs is 1. The molecular formula is C27H21ClN4O5S. The maximum atomic E-state index is 12.8. The van der Waals surface area contributed by atoms with E-state index >= 15 is 0 Å². The Hall–Kier alpha value is -4.41. The predicted octanol–water partition coefficient (Wildman–Crippen LogP) is 5.59. The van der Waals surface area contributed by atoms with Gasteiger partial charge in [0, 0.05) is 17.0 Å². The molecule has 0 saturated heterocycles. The number of rotatable bonds is 7. The number of aromatic nitrogens is 2. The molecule has 38 heavy (non-hydrogen) atoms. The molecule has 0 aliphatic carbocycles. The maximum absolute atomic E-state index is 12.8. The van der Waals surface area contributed by atoms with Gasteiger partial charge >= 0.3 is 0 Å². The summed E-state index contributed by atoms with van der Waals surface area (Å²) in [6, 6.07) is 23.9. The Kier molecular flexibility index (Phi) is 6.99. The van der Waals surface area contributed by atoms with Crippen LogP contribution in [0.25, 0.3) is 22.3 Å². The number of anilines is 1. The second-order valence-corrected chi connectivity index (χ2v) is 10.1. The smallest absolute Gasteiger partial charge is 0.263 e. The van der Waals surface area contributed by atoms with Crippen molar-refractivity contribution < 1.29 is 22.3 Å². The molecule has 1 N–H and O–H groups in total. The van der Waals surface area contributed by atoms with E-state index in [0.29, 0.717) is 33.9 Å². The third-order valence-corrected chi connectivity index (χ3v) is 7.16. The Morgan fingerprint density at radius 3 is 2.34 bits per heavy atom. The third-order valence-electron chi connectivity index (χ3n) is 5.59. The topological polar surface area (TPSA) is 116 Å². The van der Waals surface area contributed by atoms with Gasteiger partial charge in [-0.3, -0.25) is 4.72 Å². The molecule has 3 aromatic carbocycles. The molecule has 0 spiro atoms. The number of halogens is 1. The summed E-state index contributed by atoms with van der Waals surface area (Å²) in [5, 5.41) is 8.99. The molecule has 2 heterocycles. The lowest BCUT2D eigenvalue weighted by Gasteiger charge is -2.10. The highest BCUT2D eigenvalue weighted by atomic mass is 35.5. The van der Waals surface area contributed by atoms with Crippen LogP contribution in [0.15, 0.2) is 99.2 Å². The van der Waals surface area contributed by atoms with Gasteiger partial charge in [0.2, 0.25) is 0 Å². The standard InChI is InChI=1S/C27H21ClN4O5S/c1-35-23-12-7-17(15-25(23)36-2)24-16-21(20-5-3-4-6-22(20)37-24)29-18-8-10-19(11-9-18)38(33,34)32-27-14-13-26(28)30-31-27/h3-16H,1-2H3,(H,31,32). The van der Waals surface area contributed by atoms with E-state index in [9.17, 15) is 8.42 Å². The molecular weight excluding hydrogens is 528 g/mol. The predicted molar refractivity (Wildman–Crippen MR) is 144 cm³/mol. The summed E-state index contributed by atoms with van der Waals surface area (Å²) in [5.41, 5.74) is 1.98. The molecule has 0 atom stereocenters. The van der Waals surface area contributed by atoms with E-state index in [-0.39, 0.29) is 15.9 Å². The molecule has 0 saturated carbocycles. The molecule has 5 rings (SSSR count). The van der Waals surface area contributed by atoms with Crippen LogP contribution in [0, 0.1) is 0 Å². The Morgan fingerprint density at radius 2 is 1.63 bits per heavy atom. The van der Waals surface area contributed by atoms with Crippen LogP contribution in [-0.4, -0.2) is 32.8 Å². The molecule has 0 amide bonds. The summed E-state index contributed by atoms with van der Waals surface area (Å²) in [6.45, 7) is 0. The van der Waals surface area contributed by atoms with E-state index in [0.717, 1.165) is 10.9 Å². The molecule has 5 aromatic rings. The van der Waals surface area contributed by atoms with Crippen LogP contribution in [0.3, 0.4) is 0 Å². The Morgan fingerprint density at radius 1 is 0.868 bits per heavy atom. The first-order valence-corrected chi connectivity index (χ1v) is 13.1. The SMILES string of the molecule is COc1ccc(-c2cc(=Nc3ccc(S(=O)(=O)Nc4ccc(Cl)nn4)cc3)c3ccccc3o2)cc1OC. The lowest BCUT2D eigenvalue weighted by molar-refractivity contribution is 0.355. The highest BCUT2D eigenvalue weighted by Crippen LogP contribution is 2.33. The van der Waals surface area contributed by atoms with Gasteiger partial charge in [-0.15, -0.1) is 10.2 Å². The van der Waals surface area contributed by atoms with E-state index < -0.39 is 10.0 Å². The number of hydrogen-bond donors (Lipinski definition) is 1. The fraction of sp³-hybridized carbons (Fsp3) is 0.0741. The largest absolute Gasteiger partial charge is 0.493 e. The summed E-state index contributed by atoms with van der Waals surface area (Å²) in [6.07, 6.45) is 0. The quantitative estimate of drug-likeness (QED) is 0.281. The number of hydrogen-bond acceptors (Lipinski definition) is 8. The highest BCUT2D eigenvalue weighted by Gasteiger charge is 2.15. The molecule has 9 nitrogen and oxygen atoms in total. The van der Waals surface area contributed by atoms with Crippen LogP contribution in [-0.2, 0) is 10.0 Å². The van der Waals surface area contributed by atoms with Gasteiger partial charge in [0.25, 0.3) is 10.0 Å². The number of sulfonamides is 1. The van der Waals surface area contributed by atoms with Gasteiger partial charge in [0.15, 0.2) is 22.5 Å². The number of methoxy groups -OCH3 is 2. The van der Waals surface area contributed by atoms with Crippen molar-refractivity contribution in [2.24, 2.45) is 4.99 Å². The first-order valence-electron chi connectivity index (χ1n) is 11.3. The summed E-state index contributed by atoms with van der Waals surface area (Å²) in [4.78, 5) is 4.83. The van der Waals surface area contributed by atoms with Gasteiger partial charge in [-0.1, -0.05) is 23.7 Å². The molecule has 0 radical (unpaired) electrons. The molecule has 0 aliphatic rings. The Bertz CT molecular complexity index is 1790. The van der Waals surface area contributed by atoms with Gasteiger partial charge in [0.05, 0.1) is 30.2 Å². The van der Waals surface area contributed by atoms with Gasteiger partial charge in [-0.25, -0.2) is 13.4 Å². The summed E-state index contributed by atoms with van der Waals surface area (Å²) < 4.78 is 44.8. The Labute approximate surface area is 223 Å². The van der Waals surface area contributed by atoms with Crippen LogP contribution in [0.2, 0.25) is 5.15 Å². The monoisotopic (exact) mass is 548 g/mol. The van der Waals surface area contributed by atoms with E-state index in [1.54, 1.807) is 32.4 Å². The van der Waals surface area contributed by atoms with E-state index in [1.165, 1.54) is 24.3 Å². The number of ether oxygens (including phenoxy) is 2. The molecule has 0 fully saturated rings. The minimum absolute atomic E-state index is 0.0483. The summed E-state index contributed by atoms with van der Waals surface area (Å²) >= 11 is 5.71. The summed E-state index contributed by atoms with van der Waals surface area (Å²) in [7, 11) is -0.732. The van der Waals surface area contributed by atoms with Crippen molar-refractivity contribution in [3.8, 4) is 22.8 Å².